The Hall–Kier alpha value is -1.58. The number of aromatic amines is 1. The van der Waals surface area contributed by atoms with Crippen LogP contribution in [0.1, 0.15) is 38.4 Å². The molecule has 0 bridgehead atoms. The summed E-state index contributed by atoms with van der Waals surface area (Å²) in [6, 6.07) is 0. The summed E-state index contributed by atoms with van der Waals surface area (Å²) in [5.41, 5.74) is 9.61. The van der Waals surface area contributed by atoms with E-state index in [4.69, 9.17) is 5.73 Å². The maximum absolute atomic E-state index is 5.67. The SMILES string of the molecule is CC(=NCCC(C)C)/C(=C\N)c1[nH]ncc1C. The summed E-state index contributed by atoms with van der Waals surface area (Å²) in [5.74, 6) is 0.672. The fourth-order valence-electron chi connectivity index (χ4n) is 1.58. The van der Waals surface area contributed by atoms with Gasteiger partial charge in [0.2, 0.25) is 0 Å². The van der Waals surface area contributed by atoms with Gasteiger partial charge in [-0.25, -0.2) is 0 Å². The van der Waals surface area contributed by atoms with Crippen LogP contribution in [0.25, 0.3) is 5.57 Å². The molecule has 0 aromatic carbocycles. The van der Waals surface area contributed by atoms with Crippen LogP contribution >= 0.6 is 0 Å². The number of nitrogens with two attached hydrogens (primary N) is 1. The zero-order valence-electron chi connectivity index (χ0n) is 11.1. The molecule has 1 aromatic rings. The van der Waals surface area contributed by atoms with Crippen molar-refractivity contribution in [3.05, 3.63) is 23.7 Å². The second-order valence-corrected chi connectivity index (χ2v) is 4.66. The van der Waals surface area contributed by atoms with Gasteiger partial charge in [0.05, 0.1) is 11.9 Å². The van der Waals surface area contributed by atoms with Crippen molar-refractivity contribution in [2.75, 3.05) is 6.54 Å². The number of rotatable bonds is 5. The van der Waals surface area contributed by atoms with Gasteiger partial charge in [-0.15, -0.1) is 0 Å². The van der Waals surface area contributed by atoms with Crippen molar-refractivity contribution >= 4 is 11.3 Å². The minimum atomic E-state index is 0.672. The Morgan fingerprint density at radius 2 is 2.29 bits per heavy atom. The van der Waals surface area contributed by atoms with Gasteiger partial charge in [-0.2, -0.15) is 5.10 Å². The molecule has 4 nitrogen and oxygen atoms in total. The number of nitrogens with one attached hydrogen (secondary N) is 1. The van der Waals surface area contributed by atoms with Crippen LogP contribution < -0.4 is 5.73 Å². The summed E-state index contributed by atoms with van der Waals surface area (Å²) in [4.78, 5) is 4.55. The lowest BCUT2D eigenvalue weighted by atomic mass is 10.1. The number of hydrogen-bond acceptors (Lipinski definition) is 3. The fraction of sp³-hybridized carbons (Fsp3) is 0.538. The summed E-state index contributed by atoms with van der Waals surface area (Å²) in [6.45, 7) is 9.23. The number of aliphatic imine (C=N–C) groups is 1. The standard InChI is InChI=1S/C13H22N4/c1-9(2)5-6-15-11(4)12(7-14)13-10(3)8-16-17-13/h7-9H,5-6,14H2,1-4H3,(H,16,17)/b12-7+,15-11?. The molecule has 4 heteroatoms. The number of nitrogens with zero attached hydrogens (tertiary/aromatic N) is 2. The van der Waals surface area contributed by atoms with Crippen LogP contribution in [0.2, 0.25) is 0 Å². The van der Waals surface area contributed by atoms with Gasteiger partial charge in [0, 0.05) is 24.0 Å². The van der Waals surface area contributed by atoms with Gasteiger partial charge in [-0.05, 0) is 31.7 Å². The predicted octanol–water partition coefficient (Wildman–Crippen LogP) is 2.52. The van der Waals surface area contributed by atoms with Crippen molar-refractivity contribution in [3.63, 3.8) is 0 Å². The molecule has 0 amide bonds. The van der Waals surface area contributed by atoms with E-state index in [0.717, 1.165) is 35.5 Å². The third-order valence-corrected chi connectivity index (χ3v) is 2.71. The summed E-state index contributed by atoms with van der Waals surface area (Å²) in [7, 11) is 0. The quantitative estimate of drug-likeness (QED) is 0.769. The molecule has 0 saturated carbocycles. The monoisotopic (exact) mass is 234 g/mol. The van der Waals surface area contributed by atoms with Crippen molar-refractivity contribution < 1.29 is 0 Å². The molecule has 0 aliphatic heterocycles. The Kier molecular flexibility index (Phi) is 4.94. The molecule has 0 spiro atoms. The van der Waals surface area contributed by atoms with Gasteiger partial charge in [-0.3, -0.25) is 10.1 Å². The van der Waals surface area contributed by atoms with Gasteiger partial charge in [0.25, 0.3) is 0 Å². The molecule has 0 saturated heterocycles. The molecule has 0 unspecified atom stereocenters. The average molecular weight is 234 g/mol. The van der Waals surface area contributed by atoms with E-state index in [1.807, 2.05) is 13.8 Å². The minimum absolute atomic E-state index is 0.672. The Balaban J connectivity index is 2.79. The largest absolute Gasteiger partial charge is 0.404 e. The summed E-state index contributed by atoms with van der Waals surface area (Å²) < 4.78 is 0. The molecule has 0 atom stereocenters. The van der Waals surface area contributed by atoms with E-state index in [1.54, 1.807) is 12.4 Å². The number of aryl methyl sites for hydroxylation is 1. The Morgan fingerprint density at radius 3 is 2.76 bits per heavy atom. The molecule has 1 heterocycles. The van der Waals surface area contributed by atoms with Crippen LogP contribution in [0.4, 0.5) is 0 Å². The molecule has 0 fully saturated rings. The highest BCUT2D eigenvalue weighted by atomic mass is 15.1. The van der Waals surface area contributed by atoms with Gasteiger partial charge < -0.3 is 5.73 Å². The van der Waals surface area contributed by atoms with Crippen LogP contribution in [0.3, 0.4) is 0 Å². The predicted molar refractivity (Wildman–Crippen MR) is 72.9 cm³/mol. The molecule has 0 radical (unpaired) electrons. The van der Waals surface area contributed by atoms with Gasteiger partial charge in [0.15, 0.2) is 0 Å². The van der Waals surface area contributed by atoms with Crippen molar-refractivity contribution in [2.24, 2.45) is 16.6 Å². The van der Waals surface area contributed by atoms with E-state index in [9.17, 15) is 0 Å². The van der Waals surface area contributed by atoms with Crippen molar-refractivity contribution in [2.45, 2.75) is 34.1 Å². The Bertz CT molecular complexity index is 413. The number of aromatic nitrogens is 2. The van der Waals surface area contributed by atoms with Gasteiger partial charge in [0.1, 0.15) is 0 Å². The van der Waals surface area contributed by atoms with E-state index in [2.05, 4.69) is 29.0 Å². The van der Waals surface area contributed by atoms with E-state index < -0.39 is 0 Å². The number of H-pyrrole nitrogens is 1. The molecule has 0 aliphatic rings. The summed E-state index contributed by atoms with van der Waals surface area (Å²) in [6.07, 6.45) is 4.48. The van der Waals surface area contributed by atoms with Gasteiger partial charge >= 0.3 is 0 Å². The first-order valence-corrected chi connectivity index (χ1v) is 6.00. The lowest BCUT2D eigenvalue weighted by Crippen LogP contribution is -2.04. The van der Waals surface area contributed by atoms with Gasteiger partial charge in [-0.1, -0.05) is 13.8 Å². The first kappa shape index (κ1) is 13.5. The molecule has 17 heavy (non-hydrogen) atoms. The van der Waals surface area contributed by atoms with E-state index in [0.29, 0.717) is 5.92 Å². The van der Waals surface area contributed by atoms with Crippen LogP contribution in [-0.4, -0.2) is 22.5 Å². The first-order valence-electron chi connectivity index (χ1n) is 6.00. The molecule has 3 N–H and O–H groups in total. The minimum Gasteiger partial charge on any atom is -0.404 e. The third-order valence-electron chi connectivity index (χ3n) is 2.71. The Morgan fingerprint density at radius 1 is 1.59 bits per heavy atom. The topological polar surface area (TPSA) is 67.1 Å². The van der Waals surface area contributed by atoms with Crippen molar-refractivity contribution in [1.29, 1.82) is 0 Å². The fourth-order valence-corrected chi connectivity index (χ4v) is 1.58. The lowest BCUT2D eigenvalue weighted by Gasteiger charge is -2.06. The highest BCUT2D eigenvalue weighted by molar-refractivity contribution is 6.22. The maximum Gasteiger partial charge on any atom is 0.0711 e. The second-order valence-electron chi connectivity index (χ2n) is 4.66. The maximum atomic E-state index is 5.67. The molecule has 1 rings (SSSR count). The summed E-state index contributed by atoms with van der Waals surface area (Å²) >= 11 is 0. The highest BCUT2D eigenvalue weighted by Gasteiger charge is 2.09. The highest BCUT2D eigenvalue weighted by Crippen LogP contribution is 2.16. The van der Waals surface area contributed by atoms with Crippen molar-refractivity contribution in [1.82, 2.24) is 10.2 Å². The Labute approximate surface area is 103 Å². The molecule has 0 aliphatic carbocycles. The average Bonchev–Trinajstić information content (AvgIpc) is 2.66. The zero-order chi connectivity index (χ0) is 12.8. The second kappa shape index (κ2) is 6.23. The lowest BCUT2D eigenvalue weighted by molar-refractivity contribution is 0.597. The number of hydrogen-bond donors (Lipinski definition) is 2. The van der Waals surface area contributed by atoms with Crippen molar-refractivity contribution in [3.8, 4) is 0 Å². The van der Waals surface area contributed by atoms with E-state index in [-0.39, 0.29) is 0 Å². The van der Waals surface area contributed by atoms with Crippen LogP contribution in [-0.2, 0) is 0 Å². The molecular formula is C13H22N4. The third kappa shape index (κ3) is 3.73. The molecular weight excluding hydrogens is 212 g/mol. The zero-order valence-corrected chi connectivity index (χ0v) is 11.1. The first-order chi connectivity index (χ1) is 8.06. The smallest absolute Gasteiger partial charge is 0.0711 e. The van der Waals surface area contributed by atoms with Crippen LogP contribution in [0.5, 0.6) is 0 Å². The van der Waals surface area contributed by atoms with Crippen LogP contribution in [0.15, 0.2) is 17.4 Å². The van der Waals surface area contributed by atoms with E-state index in [1.165, 1.54) is 0 Å². The number of allylic oxidation sites excluding steroid dienone is 1. The van der Waals surface area contributed by atoms with E-state index >= 15 is 0 Å². The summed E-state index contributed by atoms with van der Waals surface area (Å²) in [5, 5.41) is 6.96. The molecule has 94 valence electrons. The normalized spacial score (nSPS) is 13.5. The van der Waals surface area contributed by atoms with Crippen LogP contribution in [0, 0.1) is 12.8 Å². The molecule has 1 aromatic heterocycles.